The average molecular weight is 450 g/mol. The van der Waals surface area contributed by atoms with Crippen molar-refractivity contribution in [3.05, 3.63) is 72.6 Å². The van der Waals surface area contributed by atoms with Crippen molar-refractivity contribution in [3.63, 3.8) is 0 Å². The van der Waals surface area contributed by atoms with Gasteiger partial charge in [0.1, 0.15) is 11.5 Å². The molecule has 0 radical (unpaired) electrons. The number of anilines is 1. The lowest BCUT2D eigenvalue weighted by Gasteiger charge is -2.12. The molecule has 1 N–H and O–H groups in total. The lowest BCUT2D eigenvalue weighted by molar-refractivity contribution is -0.113. The van der Waals surface area contributed by atoms with Gasteiger partial charge in [-0.15, -0.1) is 10.2 Å². The second-order valence-corrected chi connectivity index (χ2v) is 7.88. The molecule has 0 spiro atoms. The SMILES string of the molecule is COc1cccc(-c2nnc(SCC(=O)Nc3ccc(OC)c(C)c3)n2-n2cccc2)c1. The number of carbonyl (C=O) groups excluding carboxylic acids is 1. The molecule has 2 aromatic heterocycles. The number of methoxy groups -OCH3 is 2. The minimum absolute atomic E-state index is 0.135. The molecule has 2 aromatic carbocycles. The molecular weight excluding hydrogens is 426 g/mol. The zero-order valence-electron chi connectivity index (χ0n) is 18.0. The first kappa shape index (κ1) is 21.5. The quantitative estimate of drug-likeness (QED) is 0.408. The molecule has 0 saturated heterocycles. The lowest BCUT2D eigenvalue weighted by Crippen LogP contribution is -2.16. The summed E-state index contributed by atoms with van der Waals surface area (Å²) < 4.78 is 14.4. The number of thioether (sulfide) groups is 1. The molecule has 0 bridgehead atoms. The third kappa shape index (κ3) is 4.62. The fraction of sp³-hybridized carbons (Fsp3) is 0.174. The molecule has 164 valence electrons. The van der Waals surface area contributed by atoms with Gasteiger partial charge in [-0.05, 0) is 55.0 Å². The van der Waals surface area contributed by atoms with Crippen LogP contribution in [0.25, 0.3) is 11.4 Å². The molecular formula is C23H23N5O3S. The van der Waals surface area contributed by atoms with Crippen molar-refractivity contribution < 1.29 is 14.3 Å². The van der Waals surface area contributed by atoms with Crippen LogP contribution in [0.15, 0.2) is 72.1 Å². The Morgan fingerprint density at radius 2 is 1.84 bits per heavy atom. The van der Waals surface area contributed by atoms with Gasteiger partial charge in [-0.25, -0.2) is 4.68 Å². The first-order valence-corrected chi connectivity index (χ1v) is 10.9. The summed E-state index contributed by atoms with van der Waals surface area (Å²) in [6.07, 6.45) is 3.80. The van der Waals surface area contributed by atoms with E-state index in [4.69, 9.17) is 9.47 Å². The van der Waals surface area contributed by atoms with Crippen LogP contribution < -0.4 is 14.8 Å². The number of nitrogens with zero attached hydrogens (tertiary/aromatic N) is 4. The minimum atomic E-state index is -0.135. The number of hydrogen-bond donors (Lipinski definition) is 1. The van der Waals surface area contributed by atoms with Gasteiger partial charge in [0.25, 0.3) is 0 Å². The van der Waals surface area contributed by atoms with Crippen molar-refractivity contribution >= 4 is 23.4 Å². The molecule has 0 fully saturated rings. The Hall–Kier alpha value is -3.72. The summed E-state index contributed by atoms with van der Waals surface area (Å²) in [5.74, 6) is 2.20. The van der Waals surface area contributed by atoms with Crippen LogP contribution in [0.1, 0.15) is 5.56 Å². The Morgan fingerprint density at radius 3 is 2.56 bits per heavy atom. The smallest absolute Gasteiger partial charge is 0.234 e. The van der Waals surface area contributed by atoms with Gasteiger partial charge in [0.2, 0.25) is 11.1 Å². The Morgan fingerprint density at radius 1 is 1.03 bits per heavy atom. The summed E-state index contributed by atoms with van der Waals surface area (Å²) in [6, 6.07) is 17.0. The summed E-state index contributed by atoms with van der Waals surface area (Å²) >= 11 is 1.31. The fourth-order valence-electron chi connectivity index (χ4n) is 3.25. The Balaban J connectivity index is 1.54. The van der Waals surface area contributed by atoms with Crippen molar-refractivity contribution in [2.24, 2.45) is 0 Å². The van der Waals surface area contributed by atoms with E-state index in [-0.39, 0.29) is 11.7 Å². The van der Waals surface area contributed by atoms with Gasteiger partial charge >= 0.3 is 0 Å². The van der Waals surface area contributed by atoms with Crippen LogP contribution >= 0.6 is 11.8 Å². The number of aryl methyl sites for hydroxylation is 1. The van der Waals surface area contributed by atoms with Gasteiger partial charge in [-0.1, -0.05) is 23.9 Å². The predicted octanol–water partition coefficient (Wildman–Crippen LogP) is 4.11. The lowest BCUT2D eigenvalue weighted by atomic mass is 10.2. The van der Waals surface area contributed by atoms with E-state index in [1.54, 1.807) is 14.2 Å². The maximum atomic E-state index is 12.6. The maximum Gasteiger partial charge on any atom is 0.234 e. The molecule has 1 amide bonds. The van der Waals surface area contributed by atoms with E-state index in [9.17, 15) is 4.79 Å². The molecule has 0 aliphatic rings. The summed E-state index contributed by atoms with van der Waals surface area (Å²) in [5, 5.41) is 12.2. The molecule has 0 aliphatic carbocycles. The van der Waals surface area contributed by atoms with Crippen LogP contribution in [0.2, 0.25) is 0 Å². The molecule has 4 rings (SSSR count). The Labute approximate surface area is 190 Å². The number of rotatable bonds is 8. The number of nitrogens with one attached hydrogen (secondary N) is 1. The second-order valence-electron chi connectivity index (χ2n) is 6.93. The highest BCUT2D eigenvalue weighted by atomic mass is 32.2. The molecule has 9 heteroatoms. The normalized spacial score (nSPS) is 10.7. The highest BCUT2D eigenvalue weighted by molar-refractivity contribution is 7.99. The van der Waals surface area contributed by atoms with Crippen LogP contribution in [0.3, 0.4) is 0 Å². The van der Waals surface area contributed by atoms with E-state index in [1.165, 1.54) is 11.8 Å². The molecule has 8 nitrogen and oxygen atoms in total. The van der Waals surface area contributed by atoms with Crippen molar-refractivity contribution in [2.45, 2.75) is 12.1 Å². The van der Waals surface area contributed by atoms with Crippen LogP contribution in [0.4, 0.5) is 5.69 Å². The second kappa shape index (κ2) is 9.61. The van der Waals surface area contributed by atoms with E-state index in [0.29, 0.717) is 11.0 Å². The molecule has 4 aromatic rings. The van der Waals surface area contributed by atoms with Gasteiger partial charge in [0.05, 0.1) is 20.0 Å². The van der Waals surface area contributed by atoms with Gasteiger partial charge in [0.15, 0.2) is 5.82 Å². The topological polar surface area (TPSA) is 83.2 Å². The fourth-order valence-corrected chi connectivity index (χ4v) is 3.98. The van der Waals surface area contributed by atoms with Gasteiger partial charge in [-0.3, -0.25) is 9.47 Å². The Bertz CT molecular complexity index is 1220. The number of carbonyl (C=O) groups is 1. The third-order valence-corrected chi connectivity index (χ3v) is 5.69. The first-order chi connectivity index (χ1) is 15.6. The van der Waals surface area contributed by atoms with E-state index >= 15 is 0 Å². The van der Waals surface area contributed by atoms with E-state index in [0.717, 1.165) is 28.3 Å². The maximum absolute atomic E-state index is 12.6. The number of benzene rings is 2. The highest BCUT2D eigenvalue weighted by Gasteiger charge is 2.17. The number of ether oxygens (including phenoxy) is 2. The van der Waals surface area contributed by atoms with Crippen molar-refractivity contribution in [3.8, 4) is 22.9 Å². The predicted molar refractivity (Wildman–Crippen MR) is 124 cm³/mol. The summed E-state index contributed by atoms with van der Waals surface area (Å²) in [4.78, 5) is 12.6. The highest BCUT2D eigenvalue weighted by Crippen LogP contribution is 2.27. The Kier molecular flexibility index (Phi) is 6.46. The van der Waals surface area contributed by atoms with Crippen LogP contribution in [-0.2, 0) is 4.79 Å². The van der Waals surface area contributed by atoms with Crippen molar-refractivity contribution in [2.75, 3.05) is 25.3 Å². The van der Waals surface area contributed by atoms with Crippen molar-refractivity contribution in [1.29, 1.82) is 0 Å². The average Bonchev–Trinajstić information content (AvgIpc) is 3.47. The molecule has 0 aliphatic heterocycles. The van der Waals surface area contributed by atoms with E-state index < -0.39 is 0 Å². The standard InChI is InChI=1S/C23H23N5O3S/c1-16-13-18(9-10-20(16)31-3)24-21(29)15-32-23-26-25-22(28(23)27-11-4-5-12-27)17-7-6-8-19(14-17)30-2/h4-14H,15H2,1-3H3,(H,24,29). The molecule has 0 saturated carbocycles. The third-order valence-electron chi connectivity index (χ3n) is 4.77. The molecule has 0 unspecified atom stereocenters. The van der Waals surface area contributed by atoms with E-state index in [1.807, 2.05) is 83.3 Å². The number of amides is 1. The summed E-state index contributed by atoms with van der Waals surface area (Å²) in [6.45, 7) is 1.93. The van der Waals surface area contributed by atoms with Gasteiger partial charge < -0.3 is 14.8 Å². The zero-order valence-corrected chi connectivity index (χ0v) is 18.8. The molecule has 2 heterocycles. The largest absolute Gasteiger partial charge is 0.497 e. The van der Waals surface area contributed by atoms with Gasteiger partial charge in [-0.2, -0.15) is 0 Å². The minimum Gasteiger partial charge on any atom is -0.497 e. The number of aromatic nitrogens is 4. The molecule has 32 heavy (non-hydrogen) atoms. The summed E-state index contributed by atoms with van der Waals surface area (Å²) in [5.41, 5.74) is 2.53. The van der Waals surface area contributed by atoms with Crippen LogP contribution in [0, 0.1) is 6.92 Å². The van der Waals surface area contributed by atoms with E-state index in [2.05, 4.69) is 15.5 Å². The van der Waals surface area contributed by atoms with Crippen molar-refractivity contribution in [1.82, 2.24) is 19.5 Å². The first-order valence-electron chi connectivity index (χ1n) is 9.90. The monoisotopic (exact) mass is 449 g/mol. The van der Waals surface area contributed by atoms with Crippen LogP contribution in [-0.4, -0.2) is 45.4 Å². The van der Waals surface area contributed by atoms with Gasteiger partial charge in [0, 0.05) is 23.6 Å². The summed E-state index contributed by atoms with van der Waals surface area (Å²) in [7, 11) is 3.25. The van der Waals surface area contributed by atoms with Crippen LogP contribution in [0.5, 0.6) is 11.5 Å². The number of hydrogen-bond acceptors (Lipinski definition) is 6. The molecule has 0 atom stereocenters. The zero-order chi connectivity index (χ0) is 22.5.